The summed E-state index contributed by atoms with van der Waals surface area (Å²) in [5, 5.41) is 13.5. The zero-order chi connectivity index (χ0) is 17.4. The standard InChI is InChI=1S/C17H21FN2O4/c1-16(23)17(9-3-2-4-10-17)24-15(22)20(16)11-14(21)19-13-7-5-12(18)6-8-13/h5-8,23H,2-4,9-11H2,1H3,(H,19,21)/t16-/m0/s1. The number of anilines is 1. The number of carbonyl (C=O) groups is 2. The highest BCUT2D eigenvalue weighted by molar-refractivity contribution is 5.94. The number of benzene rings is 1. The van der Waals surface area contributed by atoms with Crippen LogP contribution in [0.15, 0.2) is 24.3 Å². The van der Waals surface area contributed by atoms with Gasteiger partial charge in [-0.2, -0.15) is 0 Å². The van der Waals surface area contributed by atoms with Gasteiger partial charge in [0, 0.05) is 5.69 Å². The number of ether oxygens (including phenoxy) is 1. The molecular formula is C17H21FN2O4. The fraction of sp³-hybridized carbons (Fsp3) is 0.529. The van der Waals surface area contributed by atoms with Gasteiger partial charge in [-0.1, -0.05) is 6.42 Å². The van der Waals surface area contributed by atoms with E-state index in [9.17, 15) is 19.1 Å². The maximum atomic E-state index is 12.9. The molecule has 7 heteroatoms. The largest absolute Gasteiger partial charge is 0.438 e. The third-order valence-electron chi connectivity index (χ3n) is 4.98. The van der Waals surface area contributed by atoms with Gasteiger partial charge >= 0.3 is 6.09 Å². The van der Waals surface area contributed by atoms with Crippen molar-refractivity contribution < 1.29 is 23.8 Å². The minimum atomic E-state index is -1.54. The van der Waals surface area contributed by atoms with Gasteiger partial charge in [-0.25, -0.2) is 9.18 Å². The fourth-order valence-corrected chi connectivity index (χ4v) is 3.54. The maximum absolute atomic E-state index is 12.9. The SMILES string of the molecule is C[C@@]1(O)N(CC(=O)Nc2ccc(F)cc2)C(=O)OC12CCCCC2. The van der Waals surface area contributed by atoms with Crippen LogP contribution in [0, 0.1) is 5.82 Å². The molecule has 1 aliphatic heterocycles. The average molecular weight is 336 g/mol. The molecule has 1 saturated carbocycles. The zero-order valence-corrected chi connectivity index (χ0v) is 13.5. The normalized spacial score (nSPS) is 25.6. The van der Waals surface area contributed by atoms with Gasteiger partial charge in [0.1, 0.15) is 12.4 Å². The number of carbonyl (C=O) groups excluding carboxylic acids is 2. The molecule has 3 rings (SSSR count). The van der Waals surface area contributed by atoms with Crippen LogP contribution in [0.25, 0.3) is 0 Å². The number of rotatable bonds is 3. The Morgan fingerprint density at radius 2 is 1.92 bits per heavy atom. The molecule has 0 bridgehead atoms. The van der Waals surface area contributed by atoms with Crippen molar-refractivity contribution in [3.63, 3.8) is 0 Å². The van der Waals surface area contributed by atoms with Crippen LogP contribution in [0.5, 0.6) is 0 Å². The van der Waals surface area contributed by atoms with Crippen LogP contribution in [0.1, 0.15) is 39.0 Å². The summed E-state index contributed by atoms with van der Waals surface area (Å²) in [7, 11) is 0. The lowest BCUT2D eigenvalue weighted by molar-refractivity contribution is -0.160. The van der Waals surface area contributed by atoms with Crippen LogP contribution in [-0.2, 0) is 9.53 Å². The monoisotopic (exact) mass is 336 g/mol. The zero-order valence-electron chi connectivity index (χ0n) is 13.5. The Kier molecular flexibility index (Phi) is 4.21. The molecule has 2 N–H and O–H groups in total. The Morgan fingerprint density at radius 1 is 1.29 bits per heavy atom. The number of nitrogens with one attached hydrogen (secondary N) is 1. The van der Waals surface area contributed by atoms with Gasteiger partial charge in [-0.05, 0) is 56.9 Å². The van der Waals surface area contributed by atoms with E-state index in [0.29, 0.717) is 18.5 Å². The minimum Gasteiger partial charge on any atom is -0.438 e. The predicted octanol–water partition coefficient (Wildman–Crippen LogP) is 2.63. The van der Waals surface area contributed by atoms with E-state index in [0.717, 1.165) is 24.2 Å². The Labute approximate surface area is 139 Å². The molecule has 1 atom stereocenters. The summed E-state index contributed by atoms with van der Waals surface area (Å²) in [4.78, 5) is 25.5. The second-order valence-electron chi connectivity index (χ2n) is 6.58. The van der Waals surface area contributed by atoms with Gasteiger partial charge in [0.15, 0.2) is 11.3 Å². The van der Waals surface area contributed by atoms with Crippen molar-refractivity contribution in [1.29, 1.82) is 0 Å². The number of hydrogen-bond acceptors (Lipinski definition) is 4. The first-order valence-corrected chi connectivity index (χ1v) is 8.12. The predicted molar refractivity (Wildman–Crippen MR) is 84.7 cm³/mol. The number of amides is 2. The molecule has 0 aromatic heterocycles. The molecule has 2 amide bonds. The van der Waals surface area contributed by atoms with Crippen LogP contribution >= 0.6 is 0 Å². The Bertz CT molecular complexity index is 638. The highest BCUT2D eigenvalue weighted by atomic mass is 19.1. The summed E-state index contributed by atoms with van der Waals surface area (Å²) in [5.41, 5.74) is -2.07. The molecule has 2 fully saturated rings. The molecule has 1 saturated heterocycles. The van der Waals surface area contributed by atoms with E-state index in [1.165, 1.54) is 31.2 Å². The van der Waals surface area contributed by atoms with Crippen LogP contribution in [-0.4, -0.2) is 39.9 Å². The lowest BCUT2D eigenvalue weighted by atomic mass is 9.77. The Balaban J connectivity index is 1.70. The van der Waals surface area contributed by atoms with E-state index in [4.69, 9.17) is 4.74 Å². The molecule has 1 aliphatic carbocycles. The van der Waals surface area contributed by atoms with Crippen LogP contribution in [0.3, 0.4) is 0 Å². The van der Waals surface area contributed by atoms with Gasteiger partial charge in [0.05, 0.1) is 0 Å². The fourth-order valence-electron chi connectivity index (χ4n) is 3.54. The van der Waals surface area contributed by atoms with Gasteiger partial charge in [0.2, 0.25) is 5.91 Å². The van der Waals surface area contributed by atoms with Gasteiger partial charge in [-0.15, -0.1) is 0 Å². The number of aliphatic hydroxyl groups is 1. The first-order valence-electron chi connectivity index (χ1n) is 8.12. The highest BCUT2D eigenvalue weighted by Gasteiger charge is 2.62. The van der Waals surface area contributed by atoms with Crippen molar-refractivity contribution in [3.8, 4) is 0 Å². The topological polar surface area (TPSA) is 78.9 Å². The second kappa shape index (κ2) is 6.05. The summed E-state index contributed by atoms with van der Waals surface area (Å²) < 4.78 is 18.4. The van der Waals surface area contributed by atoms with Gasteiger partial charge in [0.25, 0.3) is 0 Å². The van der Waals surface area contributed by atoms with Crippen molar-refractivity contribution >= 4 is 17.7 Å². The summed E-state index contributed by atoms with van der Waals surface area (Å²) in [6, 6.07) is 5.31. The number of halogens is 1. The molecule has 1 aromatic rings. The molecule has 6 nitrogen and oxygen atoms in total. The van der Waals surface area contributed by atoms with E-state index in [2.05, 4.69) is 5.32 Å². The molecular weight excluding hydrogens is 315 g/mol. The van der Waals surface area contributed by atoms with E-state index >= 15 is 0 Å². The van der Waals surface area contributed by atoms with Crippen molar-refractivity contribution in [1.82, 2.24) is 4.90 Å². The molecule has 1 aromatic carbocycles. The minimum absolute atomic E-state index is 0.328. The first-order chi connectivity index (χ1) is 11.3. The summed E-state index contributed by atoms with van der Waals surface area (Å²) >= 11 is 0. The van der Waals surface area contributed by atoms with Crippen molar-refractivity contribution in [2.45, 2.75) is 50.4 Å². The third kappa shape index (κ3) is 2.84. The summed E-state index contributed by atoms with van der Waals surface area (Å²) in [6.45, 7) is 1.19. The molecule has 1 spiro atoms. The van der Waals surface area contributed by atoms with Crippen molar-refractivity contribution in [2.75, 3.05) is 11.9 Å². The van der Waals surface area contributed by atoms with E-state index in [1.807, 2.05) is 0 Å². The Morgan fingerprint density at radius 3 is 2.54 bits per heavy atom. The summed E-state index contributed by atoms with van der Waals surface area (Å²) in [5.74, 6) is -0.884. The second-order valence-corrected chi connectivity index (χ2v) is 6.58. The smallest absolute Gasteiger partial charge is 0.413 e. The molecule has 0 radical (unpaired) electrons. The first kappa shape index (κ1) is 16.7. The van der Waals surface area contributed by atoms with E-state index in [-0.39, 0.29) is 6.54 Å². The van der Waals surface area contributed by atoms with Gasteiger partial charge < -0.3 is 15.2 Å². The third-order valence-corrected chi connectivity index (χ3v) is 4.98. The lowest BCUT2D eigenvalue weighted by Crippen LogP contribution is -2.58. The van der Waals surface area contributed by atoms with Crippen molar-refractivity contribution in [2.24, 2.45) is 0 Å². The van der Waals surface area contributed by atoms with Gasteiger partial charge in [-0.3, -0.25) is 9.69 Å². The van der Waals surface area contributed by atoms with E-state index < -0.39 is 29.1 Å². The van der Waals surface area contributed by atoms with E-state index in [1.54, 1.807) is 0 Å². The van der Waals surface area contributed by atoms with Crippen LogP contribution in [0.2, 0.25) is 0 Å². The van der Waals surface area contributed by atoms with Crippen LogP contribution < -0.4 is 5.32 Å². The molecule has 24 heavy (non-hydrogen) atoms. The van der Waals surface area contributed by atoms with Crippen molar-refractivity contribution in [3.05, 3.63) is 30.1 Å². The molecule has 1 heterocycles. The quantitative estimate of drug-likeness (QED) is 0.889. The number of hydrogen-bond donors (Lipinski definition) is 2. The maximum Gasteiger partial charge on any atom is 0.413 e. The molecule has 0 unspecified atom stereocenters. The number of nitrogens with zero attached hydrogens (tertiary/aromatic N) is 1. The molecule has 2 aliphatic rings. The summed E-state index contributed by atoms with van der Waals surface area (Å²) in [6.07, 6.45) is 3.28. The highest BCUT2D eigenvalue weighted by Crippen LogP contribution is 2.46. The molecule has 130 valence electrons. The lowest BCUT2D eigenvalue weighted by Gasteiger charge is -2.41. The average Bonchev–Trinajstić information content (AvgIpc) is 2.71. The van der Waals surface area contributed by atoms with Crippen LogP contribution in [0.4, 0.5) is 14.9 Å². The Hall–Kier alpha value is -2.15.